The molecular weight excluding hydrogens is 324 g/mol. The highest BCUT2D eigenvalue weighted by atomic mass is 16.1. The molecule has 1 amide bonds. The van der Waals surface area contributed by atoms with E-state index in [2.05, 4.69) is 51.3 Å². The first-order chi connectivity index (χ1) is 12.8. The number of carbonyl (C=O) groups is 1. The van der Waals surface area contributed by atoms with Gasteiger partial charge in [-0.15, -0.1) is 0 Å². The molecule has 5 heteroatoms. The van der Waals surface area contributed by atoms with Crippen LogP contribution in [0.5, 0.6) is 0 Å². The molecule has 138 valence electrons. The van der Waals surface area contributed by atoms with Crippen LogP contribution in [0, 0.1) is 0 Å². The third kappa shape index (κ3) is 4.75. The van der Waals surface area contributed by atoms with Gasteiger partial charge in [0.2, 0.25) is 0 Å². The van der Waals surface area contributed by atoms with Gasteiger partial charge in [0.15, 0.2) is 0 Å². The monoisotopic (exact) mass is 352 g/mol. The fourth-order valence-corrected chi connectivity index (χ4v) is 3.27. The lowest BCUT2D eigenvalue weighted by Gasteiger charge is -2.37. The van der Waals surface area contributed by atoms with Crippen LogP contribution in [0.3, 0.4) is 0 Å². The summed E-state index contributed by atoms with van der Waals surface area (Å²) in [5.74, 6) is -0.0293. The van der Waals surface area contributed by atoms with Gasteiger partial charge >= 0.3 is 0 Å². The number of unbranched alkanes of at least 4 members (excludes halogenated alkanes) is 2. The van der Waals surface area contributed by atoms with E-state index >= 15 is 0 Å². The fraction of sp³-hybridized carbons (Fsp3) is 0.429. The molecule has 1 aromatic carbocycles. The van der Waals surface area contributed by atoms with Crippen molar-refractivity contribution in [1.29, 1.82) is 0 Å². The van der Waals surface area contributed by atoms with Crippen molar-refractivity contribution in [2.45, 2.75) is 26.2 Å². The lowest BCUT2D eigenvalue weighted by molar-refractivity contribution is 0.0952. The standard InChI is InChI=1S/C21H28N4O/c1-2-3-7-10-23-21(26)18-15-20(17-22-16-18)25-13-11-24(12-14-25)19-8-5-4-6-9-19/h4-6,8-9,15-17H,2-3,7,10-14H2,1H3,(H,23,26). The number of aromatic nitrogens is 1. The zero-order valence-electron chi connectivity index (χ0n) is 15.5. The van der Waals surface area contributed by atoms with Crippen LogP contribution in [-0.4, -0.2) is 43.6 Å². The van der Waals surface area contributed by atoms with Gasteiger partial charge in [-0.25, -0.2) is 0 Å². The zero-order valence-corrected chi connectivity index (χ0v) is 15.5. The fourth-order valence-electron chi connectivity index (χ4n) is 3.27. The van der Waals surface area contributed by atoms with Gasteiger partial charge in [0, 0.05) is 44.6 Å². The van der Waals surface area contributed by atoms with Crippen LogP contribution in [0.15, 0.2) is 48.8 Å². The summed E-state index contributed by atoms with van der Waals surface area (Å²) in [6.45, 7) is 6.69. The van der Waals surface area contributed by atoms with Gasteiger partial charge in [-0.2, -0.15) is 0 Å². The van der Waals surface area contributed by atoms with Crippen LogP contribution in [0.4, 0.5) is 11.4 Å². The molecule has 2 aromatic rings. The van der Waals surface area contributed by atoms with Crippen molar-refractivity contribution in [2.75, 3.05) is 42.5 Å². The lowest BCUT2D eigenvalue weighted by atomic mass is 10.2. The number of hydrogen-bond donors (Lipinski definition) is 1. The number of anilines is 2. The molecular formula is C21H28N4O. The molecule has 26 heavy (non-hydrogen) atoms. The van der Waals surface area contributed by atoms with Crippen molar-refractivity contribution in [3.63, 3.8) is 0 Å². The Morgan fingerprint density at radius 2 is 1.69 bits per heavy atom. The number of rotatable bonds is 7. The highest BCUT2D eigenvalue weighted by molar-refractivity contribution is 5.94. The highest BCUT2D eigenvalue weighted by Gasteiger charge is 2.18. The molecule has 0 radical (unpaired) electrons. The second-order valence-corrected chi connectivity index (χ2v) is 6.70. The van der Waals surface area contributed by atoms with E-state index in [0.717, 1.165) is 57.7 Å². The van der Waals surface area contributed by atoms with Crippen molar-refractivity contribution in [2.24, 2.45) is 0 Å². The first-order valence-electron chi connectivity index (χ1n) is 9.56. The van der Waals surface area contributed by atoms with E-state index in [1.807, 2.05) is 18.3 Å². The van der Waals surface area contributed by atoms with Crippen LogP contribution < -0.4 is 15.1 Å². The molecule has 0 bridgehead atoms. The van der Waals surface area contributed by atoms with Crippen LogP contribution in [-0.2, 0) is 0 Å². The van der Waals surface area contributed by atoms with Crippen LogP contribution in [0.2, 0.25) is 0 Å². The second kappa shape index (κ2) is 9.22. The van der Waals surface area contributed by atoms with Gasteiger partial charge in [-0.3, -0.25) is 9.78 Å². The summed E-state index contributed by atoms with van der Waals surface area (Å²) in [5, 5.41) is 2.99. The lowest BCUT2D eigenvalue weighted by Crippen LogP contribution is -2.46. The van der Waals surface area contributed by atoms with Crippen LogP contribution in [0.25, 0.3) is 0 Å². The number of nitrogens with one attached hydrogen (secondary N) is 1. The van der Waals surface area contributed by atoms with Crippen molar-refractivity contribution in [3.05, 3.63) is 54.4 Å². The average Bonchev–Trinajstić information content (AvgIpc) is 2.72. The van der Waals surface area contributed by atoms with Crippen LogP contribution >= 0.6 is 0 Å². The summed E-state index contributed by atoms with van der Waals surface area (Å²) in [6.07, 6.45) is 6.83. The summed E-state index contributed by atoms with van der Waals surface area (Å²) in [7, 11) is 0. The predicted molar refractivity (Wildman–Crippen MR) is 107 cm³/mol. The Morgan fingerprint density at radius 3 is 2.38 bits per heavy atom. The molecule has 0 saturated carbocycles. The van der Waals surface area contributed by atoms with Gasteiger partial charge in [-0.1, -0.05) is 38.0 Å². The molecule has 2 heterocycles. The van der Waals surface area contributed by atoms with Gasteiger partial charge in [0.1, 0.15) is 0 Å². The molecule has 5 nitrogen and oxygen atoms in total. The maximum atomic E-state index is 12.3. The number of pyridine rings is 1. The molecule has 0 atom stereocenters. The van der Waals surface area contributed by atoms with E-state index in [1.165, 1.54) is 5.69 Å². The number of piperazine rings is 1. The molecule has 0 spiro atoms. The maximum absolute atomic E-state index is 12.3. The molecule has 1 aliphatic rings. The van der Waals surface area contributed by atoms with Gasteiger partial charge < -0.3 is 15.1 Å². The van der Waals surface area contributed by atoms with E-state index in [9.17, 15) is 4.79 Å². The van der Waals surface area contributed by atoms with E-state index in [0.29, 0.717) is 5.56 Å². The third-order valence-electron chi connectivity index (χ3n) is 4.82. The molecule has 1 N–H and O–H groups in total. The number of nitrogens with zero attached hydrogens (tertiary/aromatic N) is 3. The minimum atomic E-state index is -0.0293. The van der Waals surface area contributed by atoms with E-state index in [4.69, 9.17) is 0 Å². The number of carbonyl (C=O) groups excluding carboxylic acids is 1. The molecule has 0 aliphatic carbocycles. The first kappa shape index (κ1) is 18.2. The molecule has 1 saturated heterocycles. The Kier molecular flexibility index (Phi) is 6.47. The summed E-state index contributed by atoms with van der Waals surface area (Å²) in [4.78, 5) is 21.3. The Bertz CT molecular complexity index is 696. The van der Waals surface area contributed by atoms with Crippen molar-refractivity contribution >= 4 is 17.3 Å². The summed E-state index contributed by atoms with van der Waals surface area (Å²) >= 11 is 0. The van der Waals surface area contributed by atoms with E-state index < -0.39 is 0 Å². The SMILES string of the molecule is CCCCCNC(=O)c1cncc(N2CCN(c3ccccc3)CC2)c1. The summed E-state index contributed by atoms with van der Waals surface area (Å²) in [6, 6.07) is 12.5. The quantitative estimate of drug-likeness (QED) is 0.777. The average molecular weight is 352 g/mol. The second-order valence-electron chi connectivity index (χ2n) is 6.70. The zero-order chi connectivity index (χ0) is 18.2. The first-order valence-corrected chi connectivity index (χ1v) is 9.56. The number of para-hydroxylation sites is 1. The van der Waals surface area contributed by atoms with Crippen molar-refractivity contribution < 1.29 is 4.79 Å². The Hall–Kier alpha value is -2.56. The summed E-state index contributed by atoms with van der Waals surface area (Å²) < 4.78 is 0. The molecule has 1 aromatic heterocycles. The molecule has 1 aliphatic heterocycles. The van der Waals surface area contributed by atoms with Gasteiger partial charge in [0.25, 0.3) is 5.91 Å². The smallest absolute Gasteiger partial charge is 0.252 e. The minimum Gasteiger partial charge on any atom is -0.368 e. The Labute approximate surface area is 156 Å². The number of hydrogen-bond acceptors (Lipinski definition) is 4. The van der Waals surface area contributed by atoms with E-state index in [-0.39, 0.29) is 5.91 Å². The topological polar surface area (TPSA) is 48.5 Å². The minimum absolute atomic E-state index is 0.0293. The van der Waals surface area contributed by atoms with Crippen LogP contribution in [0.1, 0.15) is 36.5 Å². The predicted octanol–water partition coefficient (Wildman–Crippen LogP) is 3.33. The summed E-state index contributed by atoms with van der Waals surface area (Å²) in [5.41, 5.74) is 2.94. The number of amides is 1. The van der Waals surface area contributed by atoms with Gasteiger partial charge in [-0.05, 0) is 24.6 Å². The molecule has 0 unspecified atom stereocenters. The van der Waals surface area contributed by atoms with Gasteiger partial charge in [0.05, 0.1) is 17.4 Å². The largest absolute Gasteiger partial charge is 0.368 e. The van der Waals surface area contributed by atoms with E-state index in [1.54, 1.807) is 6.20 Å². The Morgan fingerprint density at radius 1 is 1.00 bits per heavy atom. The highest BCUT2D eigenvalue weighted by Crippen LogP contribution is 2.20. The number of benzene rings is 1. The van der Waals surface area contributed by atoms with Crippen molar-refractivity contribution in [1.82, 2.24) is 10.3 Å². The van der Waals surface area contributed by atoms with Crippen molar-refractivity contribution in [3.8, 4) is 0 Å². The third-order valence-corrected chi connectivity index (χ3v) is 4.82. The normalized spacial score (nSPS) is 14.3. The maximum Gasteiger partial charge on any atom is 0.252 e. The molecule has 3 rings (SSSR count). The Balaban J connectivity index is 1.56. The molecule has 1 fully saturated rings.